The molecular formula is C14H22Cl2N6O. The minimum atomic E-state index is -0.357. The number of nitrogens with zero attached hydrogens (tertiary/aromatic N) is 4. The number of carbonyl (C=O) groups is 1. The molecule has 0 saturated carbocycles. The summed E-state index contributed by atoms with van der Waals surface area (Å²) in [6.07, 6.45) is 6.12. The number of nitrogens with one attached hydrogen (secondary N) is 1. The van der Waals surface area contributed by atoms with Crippen molar-refractivity contribution in [2.45, 2.75) is 32.2 Å². The van der Waals surface area contributed by atoms with Crippen LogP contribution in [0.5, 0.6) is 0 Å². The summed E-state index contributed by atoms with van der Waals surface area (Å²) in [6, 6.07) is 3.42. The molecule has 2 rings (SSSR count). The number of aromatic nitrogens is 4. The quantitative estimate of drug-likeness (QED) is 0.817. The Balaban J connectivity index is 0.00000242. The van der Waals surface area contributed by atoms with Gasteiger partial charge in [-0.05, 0) is 25.0 Å². The third kappa shape index (κ3) is 5.46. The molecule has 2 aromatic heterocycles. The first kappa shape index (κ1) is 21.3. The van der Waals surface area contributed by atoms with E-state index < -0.39 is 0 Å². The molecular weight excluding hydrogens is 339 g/mol. The van der Waals surface area contributed by atoms with Gasteiger partial charge in [-0.1, -0.05) is 13.8 Å². The van der Waals surface area contributed by atoms with Gasteiger partial charge in [-0.25, -0.2) is 14.6 Å². The van der Waals surface area contributed by atoms with E-state index in [0.29, 0.717) is 17.9 Å². The van der Waals surface area contributed by atoms with Gasteiger partial charge in [0.25, 0.3) is 5.91 Å². The highest BCUT2D eigenvalue weighted by atomic mass is 35.5. The Labute approximate surface area is 147 Å². The third-order valence-electron chi connectivity index (χ3n) is 3.67. The average molecular weight is 361 g/mol. The van der Waals surface area contributed by atoms with E-state index in [9.17, 15) is 4.79 Å². The molecule has 9 heteroatoms. The molecule has 0 bridgehead atoms. The third-order valence-corrected chi connectivity index (χ3v) is 3.67. The minimum Gasteiger partial charge on any atom is -0.350 e. The summed E-state index contributed by atoms with van der Waals surface area (Å²) in [7, 11) is 0. The Morgan fingerprint density at radius 1 is 1.30 bits per heavy atom. The van der Waals surface area contributed by atoms with Crippen LogP contribution in [0.15, 0.2) is 31.0 Å². The van der Waals surface area contributed by atoms with Gasteiger partial charge >= 0.3 is 0 Å². The van der Waals surface area contributed by atoms with Crippen molar-refractivity contribution in [1.82, 2.24) is 25.1 Å². The second kappa shape index (κ2) is 9.44. The monoisotopic (exact) mass is 360 g/mol. The Bertz CT molecular complexity index is 584. The fraction of sp³-hybridized carbons (Fsp3) is 0.429. The van der Waals surface area contributed by atoms with Gasteiger partial charge in [-0.2, -0.15) is 5.10 Å². The van der Waals surface area contributed by atoms with Gasteiger partial charge in [0.1, 0.15) is 12.7 Å². The van der Waals surface area contributed by atoms with Crippen LogP contribution < -0.4 is 11.1 Å². The van der Waals surface area contributed by atoms with Crippen molar-refractivity contribution in [3.05, 3.63) is 36.5 Å². The smallest absolute Gasteiger partial charge is 0.252 e. The van der Waals surface area contributed by atoms with Crippen LogP contribution in [0.3, 0.4) is 0 Å². The van der Waals surface area contributed by atoms with E-state index in [0.717, 1.165) is 12.8 Å². The van der Waals surface area contributed by atoms with E-state index in [1.807, 2.05) is 13.8 Å². The summed E-state index contributed by atoms with van der Waals surface area (Å²) < 4.78 is 1.53. The maximum atomic E-state index is 12.1. The highest BCUT2D eigenvalue weighted by Crippen LogP contribution is 2.10. The van der Waals surface area contributed by atoms with Crippen LogP contribution in [0.2, 0.25) is 0 Å². The van der Waals surface area contributed by atoms with Crippen LogP contribution in [0.25, 0.3) is 5.82 Å². The molecule has 0 aliphatic rings. The molecule has 0 radical (unpaired) electrons. The first-order valence-corrected chi connectivity index (χ1v) is 6.96. The maximum absolute atomic E-state index is 12.1. The Morgan fingerprint density at radius 2 is 2.00 bits per heavy atom. The molecule has 0 aliphatic carbocycles. The Morgan fingerprint density at radius 3 is 2.48 bits per heavy atom. The second-order valence-corrected chi connectivity index (χ2v) is 5.00. The number of hydrogen-bond donors (Lipinski definition) is 2. The number of pyridine rings is 1. The van der Waals surface area contributed by atoms with E-state index in [1.165, 1.54) is 17.2 Å². The molecule has 0 unspecified atom stereocenters. The number of nitrogens with two attached hydrogens (primary N) is 1. The predicted octanol–water partition coefficient (Wildman–Crippen LogP) is 1.75. The zero-order chi connectivity index (χ0) is 15.3. The van der Waals surface area contributed by atoms with E-state index in [1.54, 1.807) is 18.5 Å². The molecule has 3 N–H and O–H groups in total. The van der Waals surface area contributed by atoms with E-state index in [4.69, 9.17) is 5.73 Å². The van der Waals surface area contributed by atoms with Crippen LogP contribution in [-0.2, 0) is 0 Å². The number of halogens is 2. The lowest BCUT2D eigenvalue weighted by Gasteiger charge is -2.26. The van der Waals surface area contributed by atoms with Crippen molar-refractivity contribution in [2.75, 3.05) is 6.54 Å². The van der Waals surface area contributed by atoms with Crippen LogP contribution in [0, 0.1) is 0 Å². The highest BCUT2D eigenvalue weighted by molar-refractivity contribution is 5.94. The first-order valence-electron chi connectivity index (χ1n) is 6.96. The largest absolute Gasteiger partial charge is 0.350 e. The predicted molar refractivity (Wildman–Crippen MR) is 93.5 cm³/mol. The summed E-state index contributed by atoms with van der Waals surface area (Å²) >= 11 is 0. The van der Waals surface area contributed by atoms with Gasteiger partial charge in [-0.15, -0.1) is 24.8 Å². The van der Waals surface area contributed by atoms with Crippen LogP contribution in [-0.4, -0.2) is 37.7 Å². The van der Waals surface area contributed by atoms with Crippen molar-refractivity contribution >= 4 is 30.7 Å². The van der Waals surface area contributed by atoms with E-state index in [-0.39, 0.29) is 36.3 Å². The van der Waals surface area contributed by atoms with Crippen molar-refractivity contribution in [3.63, 3.8) is 0 Å². The molecule has 23 heavy (non-hydrogen) atoms. The number of rotatable bonds is 6. The summed E-state index contributed by atoms with van der Waals surface area (Å²) in [4.78, 5) is 20.1. The summed E-state index contributed by atoms with van der Waals surface area (Å²) in [5, 5.41) is 6.83. The van der Waals surface area contributed by atoms with Gasteiger partial charge in [0, 0.05) is 18.3 Å². The highest BCUT2D eigenvalue weighted by Gasteiger charge is 2.21. The van der Waals surface area contributed by atoms with E-state index in [2.05, 4.69) is 20.4 Å². The fourth-order valence-electron chi connectivity index (χ4n) is 1.84. The molecule has 0 aliphatic heterocycles. The zero-order valence-electron chi connectivity index (χ0n) is 13.1. The van der Waals surface area contributed by atoms with Gasteiger partial charge in [0.05, 0.1) is 5.56 Å². The minimum absolute atomic E-state index is 0. The fourth-order valence-corrected chi connectivity index (χ4v) is 1.84. The molecule has 1 amide bonds. The van der Waals surface area contributed by atoms with Crippen molar-refractivity contribution in [2.24, 2.45) is 5.73 Å². The lowest BCUT2D eigenvalue weighted by molar-refractivity contribution is 0.0942. The maximum Gasteiger partial charge on any atom is 0.252 e. The van der Waals surface area contributed by atoms with Gasteiger partial charge in [0.2, 0.25) is 0 Å². The van der Waals surface area contributed by atoms with Crippen molar-refractivity contribution in [3.8, 4) is 5.82 Å². The molecule has 0 spiro atoms. The number of carbonyl (C=O) groups excluding carboxylic acids is 1. The van der Waals surface area contributed by atoms with Gasteiger partial charge in [-0.3, -0.25) is 4.79 Å². The SMILES string of the molecule is CCC(N)(CC)CNC(=O)c1ccc(-n2cncn2)nc1.Cl.Cl. The summed E-state index contributed by atoms with van der Waals surface area (Å²) in [6.45, 7) is 4.48. The average Bonchev–Trinajstić information content (AvgIpc) is 3.07. The molecule has 7 nitrogen and oxygen atoms in total. The van der Waals surface area contributed by atoms with Gasteiger partial charge < -0.3 is 11.1 Å². The standard InChI is InChI=1S/C14H20N6O.2ClH/c1-3-14(15,4-2)8-18-13(21)11-5-6-12(17-7-11)20-10-16-9-19-20;;/h5-7,9-10H,3-4,8,15H2,1-2H3,(H,18,21);2*1H. The summed E-state index contributed by atoms with van der Waals surface area (Å²) in [5.41, 5.74) is 6.30. The molecule has 2 aromatic rings. The Hall–Kier alpha value is -1.70. The van der Waals surface area contributed by atoms with Crippen molar-refractivity contribution in [1.29, 1.82) is 0 Å². The first-order chi connectivity index (χ1) is 10.1. The zero-order valence-corrected chi connectivity index (χ0v) is 14.7. The van der Waals surface area contributed by atoms with Crippen LogP contribution in [0.1, 0.15) is 37.0 Å². The lowest BCUT2D eigenvalue weighted by atomic mass is 9.94. The lowest BCUT2D eigenvalue weighted by Crippen LogP contribution is -2.49. The molecule has 128 valence electrons. The van der Waals surface area contributed by atoms with Crippen molar-refractivity contribution < 1.29 is 4.79 Å². The molecule has 2 heterocycles. The van der Waals surface area contributed by atoms with E-state index >= 15 is 0 Å². The topological polar surface area (TPSA) is 98.7 Å². The summed E-state index contributed by atoms with van der Waals surface area (Å²) in [5.74, 6) is 0.434. The molecule has 0 atom stereocenters. The van der Waals surface area contributed by atoms with Gasteiger partial charge in [0.15, 0.2) is 5.82 Å². The van der Waals surface area contributed by atoms with Crippen LogP contribution >= 0.6 is 24.8 Å². The second-order valence-electron chi connectivity index (χ2n) is 5.00. The number of amides is 1. The normalized spacial score (nSPS) is 10.4. The molecule has 0 fully saturated rings. The molecule has 0 aromatic carbocycles. The Kier molecular flexibility index (Phi) is 8.74. The van der Waals surface area contributed by atoms with Crippen LogP contribution in [0.4, 0.5) is 0 Å². The molecule has 0 saturated heterocycles. The number of hydrogen-bond acceptors (Lipinski definition) is 5.